The number of methoxy groups -OCH3 is 1. The SMILES string of the molecule is COC(=O)[C@H](Cc1ccc(OCCNCCCC(=O)C(C)(C)C)cc1)Nc1ccccc1C(=O)c1ccccc1. The van der Waals surface area contributed by atoms with Crippen molar-refractivity contribution in [3.63, 3.8) is 0 Å². The predicted molar refractivity (Wildman–Crippen MR) is 158 cm³/mol. The van der Waals surface area contributed by atoms with Crippen molar-refractivity contribution in [1.29, 1.82) is 0 Å². The molecule has 7 heteroatoms. The fraction of sp³-hybridized carbons (Fsp3) is 0.364. The van der Waals surface area contributed by atoms with Gasteiger partial charge in [0.2, 0.25) is 0 Å². The maximum Gasteiger partial charge on any atom is 0.328 e. The lowest BCUT2D eigenvalue weighted by atomic mass is 9.88. The molecule has 0 amide bonds. The van der Waals surface area contributed by atoms with E-state index in [0.717, 1.165) is 24.3 Å². The van der Waals surface area contributed by atoms with Crippen molar-refractivity contribution < 1.29 is 23.9 Å². The topological polar surface area (TPSA) is 93.7 Å². The Balaban J connectivity index is 1.53. The number of benzene rings is 3. The summed E-state index contributed by atoms with van der Waals surface area (Å²) in [7, 11) is 1.35. The van der Waals surface area contributed by atoms with Gasteiger partial charge in [-0.05, 0) is 42.8 Å². The molecular formula is C33H40N2O5. The third-order valence-electron chi connectivity index (χ3n) is 6.53. The van der Waals surface area contributed by atoms with Crippen LogP contribution >= 0.6 is 0 Å². The van der Waals surface area contributed by atoms with Crippen LogP contribution in [0.25, 0.3) is 0 Å². The summed E-state index contributed by atoms with van der Waals surface area (Å²) in [5.41, 5.74) is 2.27. The highest BCUT2D eigenvalue weighted by atomic mass is 16.5. The summed E-state index contributed by atoms with van der Waals surface area (Å²) in [6.45, 7) is 7.80. The number of carbonyl (C=O) groups is 3. The molecule has 0 bridgehead atoms. The van der Waals surface area contributed by atoms with Gasteiger partial charge in [0, 0.05) is 41.6 Å². The monoisotopic (exact) mass is 544 g/mol. The molecule has 0 heterocycles. The van der Waals surface area contributed by atoms with Gasteiger partial charge in [-0.15, -0.1) is 0 Å². The number of esters is 1. The number of carbonyl (C=O) groups excluding carboxylic acids is 3. The summed E-state index contributed by atoms with van der Waals surface area (Å²) in [6, 6.07) is 23.1. The first-order valence-corrected chi connectivity index (χ1v) is 13.7. The molecule has 0 radical (unpaired) electrons. The Morgan fingerprint density at radius 1 is 0.850 bits per heavy atom. The first-order valence-electron chi connectivity index (χ1n) is 13.7. The normalized spacial score (nSPS) is 11.9. The lowest BCUT2D eigenvalue weighted by Gasteiger charge is -2.20. The van der Waals surface area contributed by atoms with Gasteiger partial charge < -0.3 is 20.1 Å². The van der Waals surface area contributed by atoms with Crippen molar-refractivity contribution in [3.8, 4) is 5.75 Å². The quantitative estimate of drug-likeness (QED) is 0.149. The largest absolute Gasteiger partial charge is 0.492 e. The molecule has 3 aromatic carbocycles. The van der Waals surface area contributed by atoms with E-state index in [4.69, 9.17) is 9.47 Å². The van der Waals surface area contributed by atoms with E-state index in [0.29, 0.717) is 42.8 Å². The van der Waals surface area contributed by atoms with Gasteiger partial charge in [-0.25, -0.2) is 4.79 Å². The summed E-state index contributed by atoms with van der Waals surface area (Å²) in [5.74, 6) is 0.467. The zero-order valence-corrected chi connectivity index (χ0v) is 23.9. The average molecular weight is 545 g/mol. The van der Waals surface area contributed by atoms with Crippen molar-refractivity contribution in [1.82, 2.24) is 5.32 Å². The molecule has 0 aliphatic heterocycles. The molecule has 40 heavy (non-hydrogen) atoms. The molecule has 3 aromatic rings. The minimum Gasteiger partial charge on any atom is -0.492 e. The lowest BCUT2D eigenvalue weighted by Crippen LogP contribution is -2.33. The van der Waals surface area contributed by atoms with Crippen LogP contribution in [-0.2, 0) is 20.7 Å². The number of nitrogens with one attached hydrogen (secondary N) is 2. The molecule has 3 rings (SSSR count). The number of para-hydroxylation sites is 1. The highest BCUT2D eigenvalue weighted by Crippen LogP contribution is 2.22. The Labute approximate surface area is 237 Å². The van der Waals surface area contributed by atoms with Gasteiger partial charge in [-0.1, -0.05) is 75.4 Å². The minimum atomic E-state index is -0.684. The number of rotatable bonds is 15. The van der Waals surface area contributed by atoms with E-state index in [9.17, 15) is 14.4 Å². The van der Waals surface area contributed by atoms with Crippen molar-refractivity contribution in [2.24, 2.45) is 5.41 Å². The maximum absolute atomic E-state index is 13.1. The summed E-state index contributed by atoms with van der Waals surface area (Å²) in [5, 5.41) is 6.53. The fourth-order valence-corrected chi connectivity index (χ4v) is 4.15. The number of ether oxygens (including phenoxy) is 2. The standard InChI is InChI=1S/C33H40N2O5/c1-33(2,3)30(36)15-10-20-34-21-22-40-26-18-16-24(17-19-26)23-29(32(38)39-4)35-28-14-9-8-13-27(28)31(37)25-11-6-5-7-12-25/h5-9,11-14,16-19,29,34-35H,10,15,20-23H2,1-4H3/t29-/m0/s1. The zero-order valence-electron chi connectivity index (χ0n) is 23.9. The molecule has 212 valence electrons. The summed E-state index contributed by atoms with van der Waals surface area (Å²) in [6.07, 6.45) is 1.76. The molecule has 0 saturated heterocycles. The summed E-state index contributed by atoms with van der Waals surface area (Å²) in [4.78, 5) is 37.8. The van der Waals surface area contributed by atoms with E-state index in [2.05, 4.69) is 10.6 Å². The zero-order chi connectivity index (χ0) is 29.0. The lowest BCUT2D eigenvalue weighted by molar-refractivity contribution is -0.141. The number of hydrogen-bond donors (Lipinski definition) is 2. The second-order valence-corrected chi connectivity index (χ2v) is 10.7. The van der Waals surface area contributed by atoms with E-state index in [1.807, 2.05) is 69.3 Å². The first-order chi connectivity index (χ1) is 19.2. The smallest absolute Gasteiger partial charge is 0.328 e. The van der Waals surface area contributed by atoms with Gasteiger partial charge in [0.1, 0.15) is 24.2 Å². The molecular weight excluding hydrogens is 504 g/mol. The summed E-state index contributed by atoms with van der Waals surface area (Å²) >= 11 is 0. The van der Waals surface area contributed by atoms with Crippen LogP contribution in [0.1, 0.15) is 55.1 Å². The van der Waals surface area contributed by atoms with Crippen molar-refractivity contribution in [3.05, 3.63) is 95.6 Å². The Hall–Kier alpha value is -3.97. The Morgan fingerprint density at radius 2 is 1.52 bits per heavy atom. The molecule has 7 nitrogen and oxygen atoms in total. The molecule has 1 atom stereocenters. The van der Waals surface area contributed by atoms with Crippen LogP contribution in [0, 0.1) is 5.41 Å². The van der Waals surface area contributed by atoms with Gasteiger partial charge in [-0.2, -0.15) is 0 Å². The van der Waals surface area contributed by atoms with Gasteiger partial charge >= 0.3 is 5.97 Å². The van der Waals surface area contributed by atoms with E-state index in [-0.39, 0.29) is 17.0 Å². The van der Waals surface area contributed by atoms with E-state index in [1.54, 1.807) is 30.3 Å². The molecule has 0 unspecified atom stereocenters. The second kappa shape index (κ2) is 15.0. The molecule has 0 fully saturated rings. The highest BCUT2D eigenvalue weighted by molar-refractivity contribution is 6.12. The number of hydrogen-bond acceptors (Lipinski definition) is 7. The van der Waals surface area contributed by atoms with Crippen molar-refractivity contribution in [2.45, 2.75) is 46.1 Å². The van der Waals surface area contributed by atoms with Crippen LogP contribution in [0.15, 0.2) is 78.9 Å². The fourth-order valence-electron chi connectivity index (χ4n) is 4.15. The van der Waals surface area contributed by atoms with Gasteiger partial charge in [0.05, 0.1) is 7.11 Å². The number of anilines is 1. The molecule has 0 aliphatic carbocycles. The number of Topliss-reactive ketones (excluding diaryl/α,β-unsaturated/α-hetero) is 1. The molecule has 0 aliphatic rings. The maximum atomic E-state index is 13.1. The van der Waals surface area contributed by atoms with Crippen molar-refractivity contribution in [2.75, 3.05) is 32.1 Å². The van der Waals surface area contributed by atoms with Gasteiger partial charge in [-0.3, -0.25) is 9.59 Å². The molecule has 0 aromatic heterocycles. The van der Waals surface area contributed by atoms with E-state index in [1.165, 1.54) is 7.11 Å². The van der Waals surface area contributed by atoms with Gasteiger partial charge in [0.15, 0.2) is 5.78 Å². The number of ketones is 2. The molecule has 0 spiro atoms. The third kappa shape index (κ3) is 9.35. The Morgan fingerprint density at radius 3 is 2.20 bits per heavy atom. The first kappa shape index (κ1) is 30.6. The Kier molecular flexibility index (Phi) is 11.5. The molecule has 2 N–H and O–H groups in total. The molecule has 0 saturated carbocycles. The van der Waals surface area contributed by atoms with Crippen LogP contribution < -0.4 is 15.4 Å². The highest BCUT2D eigenvalue weighted by Gasteiger charge is 2.23. The van der Waals surface area contributed by atoms with E-state index < -0.39 is 12.0 Å². The predicted octanol–water partition coefficient (Wildman–Crippen LogP) is 5.48. The summed E-state index contributed by atoms with van der Waals surface area (Å²) < 4.78 is 10.9. The van der Waals surface area contributed by atoms with Crippen LogP contribution in [0.2, 0.25) is 0 Å². The average Bonchev–Trinajstić information content (AvgIpc) is 2.96. The second-order valence-electron chi connectivity index (χ2n) is 10.7. The Bertz CT molecular complexity index is 1250. The van der Waals surface area contributed by atoms with E-state index >= 15 is 0 Å². The van der Waals surface area contributed by atoms with Crippen LogP contribution in [0.3, 0.4) is 0 Å². The van der Waals surface area contributed by atoms with Gasteiger partial charge in [0.25, 0.3) is 0 Å². The van der Waals surface area contributed by atoms with Crippen LogP contribution in [-0.4, -0.2) is 50.4 Å². The third-order valence-corrected chi connectivity index (χ3v) is 6.53. The van der Waals surface area contributed by atoms with Crippen LogP contribution in [0.4, 0.5) is 5.69 Å². The van der Waals surface area contributed by atoms with Crippen LogP contribution in [0.5, 0.6) is 5.75 Å². The van der Waals surface area contributed by atoms with Crippen molar-refractivity contribution >= 4 is 23.2 Å². The minimum absolute atomic E-state index is 0.123.